The minimum atomic E-state index is -0.558. The third-order valence-electron chi connectivity index (χ3n) is 7.14. The lowest BCUT2D eigenvalue weighted by atomic mass is 10.1. The van der Waals surface area contributed by atoms with Gasteiger partial charge >= 0.3 is 0 Å². The SMILES string of the molecule is COc1cccc(-c2csc(NC(=O)C(C)Sc3cccc(NC(=O)/C(=C\c4cc(OC)ccc4OC)NC(=O)c4ccccc4)c3)n2)c1. The Kier molecular flexibility index (Phi) is 11.7. The number of carbonyl (C=O) groups excluding carboxylic acids is 3. The number of ether oxygens (including phenoxy) is 3. The van der Waals surface area contributed by atoms with Gasteiger partial charge < -0.3 is 30.2 Å². The molecule has 250 valence electrons. The van der Waals surface area contributed by atoms with Crippen molar-refractivity contribution in [1.82, 2.24) is 10.3 Å². The molecule has 0 aliphatic heterocycles. The molecule has 3 N–H and O–H groups in total. The predicted octanol–water partition coefficient (Wildman–Crippen LogP) is 7.36. The first-order valence-corrected chi connectivity index (χ1v) is 16.8. The fraction of sp³-hybridized carbons (Fsp3) is 0.135. The molecule has 49 heavy (non-hydrogen) atoms. The van der Waals surface area contributed by atoms with E-state index in [1.54, 1.807) is 80.8 Å². The van der Waals surface area contributed by atoms with Gasteiger partial charge in [-0.05, 0) is 73.7 Å². The summed E-state index contributed by atoms with van der Waals surface area (Å²) in [6, 6.07) is 28.4. The van der Waals surface area contributed by atoms with E-state index in [1.165, 1.54) is 43.4 Å². The van der Waals surface area contributed by atoms with Crippen LogP contribution in [0.5, 0.6) is 17.2 Å². The molecular formula is C37H34N4O6S2. The van der Waals surface area contributed by atoms with Gasteiger partial charge in [0.15, 0.2) is 5.13 Å². The molecule has 3 amide bonds. The number of carbonyl (C=O) groups is 3. The van der Waals surface area contributed by atoms with Gasteiger partial charge in [-0.1, -0.05) is 36.4 Å². The zero-order valence-corrected chi connectivity index (χ0v) is 28.8. The van der Waals surface area contributed by atoms with Gasteiger partial charge in [0.2, 0.25) is 5.91 Å². The van der Waals surface area contributed by atoms with Crippen molar-refractivity contribution in [2.75, 3.05) is 32.0 Å². The molecule has 1 aromatic heterocycles. The lowest BCUT2D eigenvalue weighted by Crippen LogP contribution is -2.30. The van der Waals surface area contributed by atoms with Crippen molar-refractivity contribution in [2.24, 2.45) is 0 Å². The molecule has 0 spiro atoms. The number of nitrogens with zero attached hydrogens (tertiary/aromatic N) is 1. The molecule has 0 aliphatic carbocycles. The molecule has 0 saturated carbocycles. The van der Waals surface area contributed by atoms with Crippen molar-refractivity contribution in [3.05, 3.63) is 119 Å². The van der Waals surface area contributed by atoms with Crippen LogP contribution in [0, 0.1) is 0 Å². The summed E-state index contributed by atoms with van der Waals surface area (Å²) in [7, 11) is 4.66. The number of amides is 3. The highest BCUT2D eigenvalue weighted by atomic mass is 32.2. The van der Waals surface area contributed by atoms with Gasteiger partial charge in [0.1, 0.15) is 22.9 Å². The molecule has 5 rings (SSSR count). The van der Waals surface area contributed by atoms with Crippen LogP contribution < -0.4 is 30.2 Å². The first-order chi connectivity index (χ1) is 23.8. The fourth-order valence-corrected chi connectivity index (χ4v) is 6.26. The van der Waals surface area contributed by atoms with Gasteiger partial charge in [-0.3, -0.25) is 14.4 Å². The van der Waals surface area contributed by atoms with E-state index in [9.17, 15) is 14.4 Å². The fourth-order valence-electron chi connectivity index (χ4n) is 4.61. The summed E-state index contributed by atoms with van der Waals surface area (Å²) in [5, 5.41) is 10.4. The monoisotopic (exact) mass is 694 g/mol. The van der Waals surface area contributed by atoms with Gasteiger partial charge in [0, 0.05) is 32.7 Å². The van der Waals surface area contributed by atoms with E-state index in [-0.39, 0.29) is 11.6 Å². The van der Waals surface area contributed by atoms with E-state index < -0.39 is 17.1 Å². The molecule has 0 radical (unpaired) electrons. The van der Waals surface area contributed by atoms with Crippen molar-refractivity contribution in [3.8, 4) is 28.5 Å². The maximum atomic E-state index is 13.7. The van der Waals surface area contributed by atoms with E-state index in [2.05, 4.69) is 20.9 Å². The molecule has 0 bridgehead atoms. The van der Waals surface area contributed by atoms with Gasteiger partial charge in [0.25, 0.3) is 11.8 Å². The molecular weight excluding hydrogens is 661 g/mol. The van der Waals surface area contributed by atoms with Gasteiger partial charge in [-0.25, -0.2) is 4.98 Å². The third kappa shape index (κ3) is 9.28. The van der Waals surface area contributed by atoms with Gasteiger partial charge in [-0.15, -0.1) is 23.1 Å². The summed E-state index contributed by atoms with van der Waals surface area (Å²) < 4.78 is 16.1. The summed E-state index contributed by atoms with van der Waals surface area (Å²) in [6.45, 7) is 1.79. The van der Waals surface area contributed by atoms with Crippen LogP contribution in [0.15, 0.2) is 113 Å². The number of anilines is 2. The Morgan fingerprint density at radius 2 is 1.57 bits per heavy atom. The Bertz CT molecular complexity index is 1980. The number of aromatic nitrogens is 1. The Labute approximate surface area is 292 Å². The first-order valence-electron chi connectivity index (χ1n) is 15.0. The van der Waals surface area contributed by atoms with Gasteiger partial charge in [-0.2, -0.15) is 0 Å². The highest BCUT2D eigenvalue weighted by molar-refractivity contribution is 8.00. The van der Waals surface area contributed by atoms with E-state index in [4.69, 9.17) is 14.2 Å². The highest BCUT2D eigenvalue weighted by Crippen LogP contribution is 2.30. The van der Waals surface area contributed by atoms with Crippen molar-refractivity contribution >= 4 is 57.7 Å². The number of nitrogens with one attached hydrogen (secondary N) is 3. The van der Waals surface area contributed by atoms with Crippen molar-refractivity contribution in [1.29, 1.82) is 0 Å². The molecule has 0 saturated heterocycles. The molecule has 0 fully saturated rings. The smallest absolute Gasteiger partial charge is 0.272 e. The number of hydrogen-bond acceptors (Lipinski definition) is 9. The van der Waals surface area contributed by atoms with Crippen LogP contribution in [-0.4, -0.2) is 49.3 Å². The minimum Gasteiger partial charge on any atom is -0.497 e. The summed E-state index contributed by atoms with van der Waals surface area (Å²) in [5.41, 5.74) is 3.00. The predicted molar refractivity (Wildman–Crippen MR) is 195 cm³/mol. The second kappa shape index (κ2) is 16.5. The zero-order valence-electron chi connectivity index (χ0n) is 27.2. The standard InChI is InChI=1S/C37H34N4O6S2/c1-23(34(42)41-37-40-32(22-48-37)25-12-8-14-28(18-25)45-2)49-30-15-9-13-27(21-30)38-36(44)31(39-35(43)24-10-6-5-7-11-24)20-26-19-29(46-3)16-17-33(26)47-4/h5-23H,1-4H3,(H,38,44)(H,39,43)(H,40,41,42)/b31-20+. The third-order valence-corrected chi connectivity index (χ3v) is 8.99. The first kappa shape index (κ1) is 34.7. The Balaban J connectivity index is 1.29. The Hall–Kier alpha value is -5.59. The average molecular weight is 695 g/mol. The van der Waals surface area contributed by atoms with Crippen LogP contribution in [-0.2, 0) is 9.59 Å². The zero-order chi connectivity index (χ0) is 34.8. The number of benzene rings is 4. The van der Waals surface area contributed by atoms with Crippen LogP contribution in [0.25, 0.3) is 17.3 Å². The summed E-state index contributed by atoms with van der Waals surface area (Å²) >= 11 is 2.67. The van der Waals surface area contributed by atoms with Crippen LogP contribution in [0.1, 0.15) is 22.8 Å². The lowest BCUT2D eigenvalue weighted by molar-refractivity contribution is -0.115. The maximum absolute atomic E-state index is 13.7. The topological polar surface area (TPSA) is 128 Å². The lowest BCUT2D eigenvalue weighted by Gasteiger charge is -2.14. The summed E-state index contributed by atoms with van der Waals surface area (Å²) in [5.74, 6) is 0.533. The van der Waals surface area contributed by atoms with Crippen molar-refractivity contribution in [2.45, 2.75) is 17.1 Å². The Morgan fingerprint density at radius 3 is 2.33 bits per heavy atom. The van der Waals surface area contributed by atoms with Gasteiger partial charge in [0.05, 0.1) is 32.3 Å². The van der Waals surface area contributed by atoms with E-state index >= 15 is 0 Å². The molecule has 0 aliphatic rings. The second-order valence-corrected chi connectivity index (χ2v) is 12.8. The average Bonchev–Trinajstić information content (AvgIpc) is 3.60. The largest absolute Gasteiger partial charge is 0.497 e. The van der Waals surface area contributed by atoms with Crippen LogP contribution in [0.2, 0.25) is 0 Å². The van der Waals surface area contributed by atoms with Crippen LogP contribution >= 0.6 is 23.1 Å². The van der Waals surface area contributed by atoms with E-state index in [0.717, 1.165) is 21.9 Å². The number of hydrogen-bond donors (Lipinski definition) is 3. The Morgan fingerprint density at radius 1 is 0.816 bits per heavy atom. The minimum absolute atomic E-state index is 0.0111. The normalized spacial score (nSPS) is 11.6. The number of rotatable bonds is 13. The quantitative estimate of drug-likeness (QED) is 0.0862. The maximum Gasteiger partial charge on any atom is 0.272 e. The number of methoxy groups -OCH3 is 3. The van der Waals surface area contributed by atoms with Crippen molar-refractivity contribution < 1.29 is 28.6 Å². The molecule has 5 aromatic rings. The number of thioether (sulfide) groups is 1. The van der Waals surface area contributed by atoms with Crippen molar-refractivity contribution in [3.63, 3.8) is 0 Å². The van der Waals surface area contributed by atoms with E-state index in [0.29, 0.717) is 33.4 Å². The highest BCUT2D eigenvalue weighted by Gasteiger charge is 2.19. The molecule has 1 atom stereocenters. The molecule has 12 heteroatoms. The molecule has 4 aromatic carbocycles. The van der Waals surface area contributed by atoms with Crippen LogP contribution in [0.4, 0.5) is 10.8 Å². The van der Waals surface area contributed by atoms with Crippen LogP contribution in [0.3, 0.4) is 0 Å². The molecule has 1 unspecified atom stereocenters. The molecule has 1 heterocycles. The van der Waals surface area contributed by atoms with E-state index in [1.807, 2.05) is 35.7 Å². The summed E-state index contributed by atoms with van der Waals surface area (Å²) in [4.78, 5) is 45.2. The molecule has 10 nitrogen and oxygen atoms in total. The second-order valence-electron chi connectivity index (χ2n) is 10.5. The summed E-state index contributed by atoms with van der Waals surface area (Å²) in [6.07, 6.45) is 1.53. The number of thiazole rings is 1.